The van der Waals surface area contributed by atoms with Crippen LogP contribution in [-0.4, -0.2) is 47.9 Å². The standard InChI is InChI=1S/C10H14N4O3S/c1-17-6-5-11-9(16)14-8(15)7-18-10-12-3-2-4-13-10/h2-4H,5-7H2,1H3,(H2,11,14,15,16). The lowest BCUT2D eigenvalue weighted by molar-refractivity contribution is -0.117. The maximum Gasteiger partial charge on any atom is 0.321 e. The van der Waals surface area contributed by atoms with Gasteiger partial charge in [-0.25, -0.2) is 14.8 Å². The summed E-state index contributed by atoms with van der Waals surface area (Å²) in [7, 11) is 1.53. The number of amides is 3. The molecule has 0 saturated carbocycles. The minimum atomic E-state index is -0.536. The Morgan fingerprint density at radius 3 is 2.78 bits per heavy atom. The fourth-order valence-electron chi connectivity index (χ4n) is 0.964. The molecule has 0 aliphatic rings. The Morgan fingerprint density at radius 1 is 1.39 bits per heavy atom. The Balaban J connectivity index is 2.19. The number of carbonyl (C=O) groups excluding carboxylic acids is 2. The van der Waals surface area contributed by atoms with Crippen molar-refractivity contribution in [1.29, 1.82) is 0 Å². The van der Waals surface area contributed by atoms with Crippen LogP contribution in [0.15, 0.2) is 23.6 Å². The summed E-state index contributed by atoms with van der Waals surface area (Å²) < 4.78 is 4.75. The molecule has 1 aromatic heterocycles. The number of carbonyl (C=O) groups is 2. The fraction of sp³-hybridized carbons (Fsp3) is 0.400. The first-order chi connectivity index (χ1) is 8.72. The molecule has 0 atom stereocenters. The van der Waals surface area contributed by atoms with Crippen LogP contribution in [0.4, 0.5) is 4.79 Å². The summed E-state index contributed by atoms with van der Waals surface area (Å²) >= 11 is 1.16. The first kappa shape index (κ1) is 14.4. The molecule has 0 aliphatic carbocycles. The third kappa shape index (κ3) is 6.16. The van der Waals surface area contributed by atoms with Gasteiger partial charge in [0.25, 0.3) is 0 Å². The quantitative estimate of drug-likeness (QED) is 0.431. The zero-order valence-electron chi connectivity index (χ0n) is 9.88. The van der Waals surface area contributed by atoms with Crippen molar-refractivity contribution in [3.8, 4) is 0 Å². The predicted octanol–water partition coefficient (Wildman–Crippen LogP) is 0.0409. The molecule has 0 radical (unpaired) electrons. The molecule has 18 heavy (non-hydrogen) atoms. The topological polar surface area (TPSA) is 93.2 Å². The van der Waals surface area contributed by atoms with Crippen molar-refractivity contribution in [2.24, 2.45) is 0 Å². The SMILES string of the molecule is COCCNC(=O)NC(=O)CSc1ncccn1. The van der Waals surface area contributed by atoms with E-state index in [9.17, 15) is 9.59 Å². The van der Waals surface area contributed by atoms with Crippen molar-refractivity contribution in [1.82, 2.24) is 20.6 Å². The zero-order valence-corrected chi connectivity index (χ0v) is 10.7. The van der Waals surface area contributed by atoms with Gasteiger partial charge in [0.15, 0.2) is 5.16 Å². The van der Waals surface area contributed by atoms with Gasteiger partial charge >= 0.3 is 6.03 Å². The lowest BCUT2D eigenvalue weighted by Gasteiger charge is -2.05. The van der Waals surface area contributed by atoms with Gasteiger partial charge in [-0.15, -0.1) is 0 Å². The molecule has 8 heteroatoms. The van der Waals surface area contributed by atoms with Crippen LogP contribution in [0.2, 0.25) is 0 Å². The zero-order chi connectivity index (χ0) is 13.2. The van der Waals surface area contributed by atoms with Gasteiger partial charge in [0.1, 0.15) is 0 Å². The fourth-order valence-corrected chi connectivity index (χ4v) is 1.57. The molecular weight excluding hydrogens is 256 g/mol. The van der Waals surface area contributed by atoms with E-state index in [1.807, 2.05) is 0 Å². The van der Waals surface area contributed by atoms with E-state index in [1.165, 1.54) is 7.11 Å². The van der Waals surface area contributed by atoms with Gasteiger partial charge in [-0.2, -0.15) is 0 Å². The maximum absolute atomic E-state index is 11.4. The summed E-state index contributed by atoms with van der Waals surface area (Å²) in [5, 5.41) is 5.16. The van der Waals surface area contributed by atoms with E-state index < -0.39 is 11.9 Å². The highest BCUT2D eigenvalue weighted by atomic mass is 32.2. The van der Waals surface area contributed by atoms with Crippen molar-refractivity contribution in [3.05, 3.63) is 18.5 Å². The van der Waals surface area contributed by atoms with Crippen molar-refractivity contribution in [3.63, 3.8) is 0 Å². The third-order valence-electron chi connectivity index (χ3n) is 1.72. The predicted molar refractivity (Wildman–Crippen MR) is 66.2 cm³/mol. The summed E-state index contributed by atoms with van der Waals surface area (Å²) in [6.45, 7) is 0.749. The number of urea groups is 1. The average molecular weight is 270 g/mol. The number of nitrogens with zero attached hydrogens (tertiary/aromatic N) is 2. The number of hydrogen-bond donors (Lipinski definition) is 2. The summed E-state index contributed by atoms with van der Waals surface area (Å²) in [6, 6.07) is 1.15. The van der Waals surface area contributed by atoms with Crippen molar-refractivity contribution in [2.75, 3.05) is 26.0 Å². The normalized spacial score (nSPS) is 9.83. The van der Waals surface area contributed by atoms with Crippen LogP contribution in [0.25, 0.3) is 0 Å². The first-order valence-corrected chi connectivity index (χ1v) is 6.17. The highest BCUT2D eigenvalue weighted by Crippen LogP contribution is 2.09. The Labute approximate surface area is 109 Å². The summed E-state index contributed by atoms with van der Waals surface area (Å²) in [5.41, 5.74) is 0. The van der Waals surface area contributed by atoms with E-state index in [4.69, 9.17) is 4.74 Å². The lowest BCUT2D eigenvalue weighted by Crippen LogP contribution is -2.41. The van der Waals surface area contributed by atoms with E-state index in [2.05, 4.69) is 20.6 Å². The second-order valence-electron chi connectivity index (χ2n) is 3.12. The lowest BCUT2D eigenvalue weighted by atomic mass is 10.6. The van der Waals surface area contributed by atoms with Crippen LogP contribution in [0.5, 0.6) is 0 Å². The molecular formula is C10H14N4O3S. The maximum atomic E-state index is 11.4. The number of imide groups is 1. The molecule has 3 amide bonds. The highest BCUT2D eigenvalue weighted by Gasteiger charge is 2.08. The smallest absolute Gasteiger partial charge is 0.321 e. The number of ether oxygens (including phenoxy) is 1. The molecule has 1 rings (SSSR count). The van der Waals surface area contributed by atoms with Gasteiger partial charge in [0.2, 0.25) is 5.91 Å². The van der Waals surface area contributed by atoms with Gasteiger partial charge in [-0.3, -0.25) is 10.1 Å². The molecule has 1 heterocycles. The second-order valence-corrected chi connectivity index (χ2v) is 4.06. The largest absolute Gasteiger partial charge is 0.383 e. The first-order valence-electron chi connectivity index (χ1n) is 5.19. The Hall–Kier alpha value is -1.67. The average Bonchev–Trinajstić information content (AvgIpc) is 2.38. The monoisotopic (exact) mass is 270 g/mol. The minimum Gasteiger partial charge on any atom is -0.383 e. The van der Waals surface area contributed by atoms with Gasteiger partial charge in [-0.05, 0) is 6.07 Å². The van der Waals surface area contributed by atoms with Gasteiger partial charge in [-0.1, -0.05) is 11.8 Å². The molecule has 2 N–H and O–H groups in total. The molecule has 0 aromatic carbocycles. The third-order valence-corrected chi connectivity index (χ3v) is 2.59. The van der Waals surface area contributed by atoms with Gasteiger partial charge in [0.05, 0.1) is 12.4 Å². The summed E-state index contributed by atoms with van der Waals surface area (Å²) in [4.78, 5) is 30.5. The number of hydrogen-bond acceptors (Lipinski definition) is 6. The Morgan fingerprint density at radius 2 is 2.11 bits per heavy atom. The number of thioether (sulfide) groups is 1. The van der Waals surface area contributed by atoms with Crippen molar-refractivity contribution in [2.45, 2.75) is 5.16 Å². The van der Waals surface area contributed by atoms with Crippen molar-refractivity contribution >= 4 is 23.7 Å². The number of methoxy groups -OCH3 is 1. The van der Waals surface area contributed by atoms with E-state index in [0.29, 0.717) is 18.3 Å². The molecule has 0 aliphatic heterocycles. The number of aromatic nitrogens is 2. The second kappa shape index (κ2) is 8.43. The van der Waals surface area contributed by atoms with E-state index in [0.717, 1.165) is 11.8 Å². The summed E-state index contributed by atoms with van der Waals surface area (Å²) in [6.07, 6.45) is 3.18. The highest BCUT2D eigenvalue weighted by molar-refractivity contribution is 7.99. The molecule has 0 spiro atoms. The molecule has 0 bridgehead atoms. The van der Waals surface area contributed by atoms with Crippen LogP contribution in [-0.2, 0) is 9.53 Å². The summed E-state index contributed by atoms with van der Waals surface area (Å²) in [5.74, 6) is -0.316. The van der Waals surface area contributed by atoms with E-state index >= 15 is 0 Å². The Bertz CT molecular complexity index is 388. The number of rotatable bonds is 6. The van der Waals surface area contributed by atoms with E-state index in [-0.39, 0.29) is 5.75 Å². The molecule has 7 nitrogen and oxygen atoms in total. The molecule has 0 unspecified atom stereocenters. The van der Waals surface area contributed by atoms with Crippen LogP contribution < -0.4 is 10.6 Å². The van der Waals surface area contributed by atoms with Crippen LogP contribution in [0.3, 0.4) is 0 Å². The molecule has 0 fully saturated rings. The minimum absolute atomic E-state index is 0.0850. The van der Waals surface area contributed by atoms with Crippen LogP contribution >= 0.6 is 11.8 Å². The molecule has 1 aromatic rings. The molecule has 0 saturated heterocycles. The van der Waals surface area contributed by atoms with E-state index in [1.54, 1.807) is 18.5 Å². The molecule has 98 valence electrons. The van der Waals surface area contributed by atoms with Crippen molar-refractivity contribution < 1.29 is 14.3 Å². The van der Waals surface area contributed by atoms with Gasteiger partial charge < -0.3 is 10.1 Å². The number of nitrogens with one attached hydrogen (secondary N) is 2. The van der Waals surface area contributed by atoms with Gasteiger partial charge in [0, 0.05) is 26.0 Å². The van der Waals surface area contributed by atoms with Crippen LogP contribution in [0.1, 0.15) is 0 Å². The van der Waals surface area contributed by atoms with Crippen LogP contribution in [0, 0.1) is 0 Å². The Kier molecular flexibility index (Phi) is 6.74.